The van der Waals surface area contributed by atoms with Crippen molar-refractivity contribution in [2.75, 3.05) is 10.6 Å². The summed E-state index contributed by atoms with van der Waals surface area (Å²) in [4.78, 5) is 12.5. The predicted octanol–water partition coefficient (Wildman–Crippen LogP) is 5.54. The monoisotopic (exact) mass is 408 g/mol. The van der Waals surface area contributed by atoms with E-state index >= 15 is 0 Å². The fourth-order valence-electron chi connectivity index (χ4n) is 7.17. The molecule has 0 radical (unpaired) electrons. The van der Waals surface area contributed by atoms with E-state index < -0.39 is 0 Å². The Kier molecular flexibility index (Phi) is 5.24. The second kappa shape index (κ2) is 7.90. The van der Waals surface area contributed by atoms with Crippen LogP contribution < -0.4 is 16.0 Å². The molecule has 1 aromatic carbocycles. The van der Waals surface area contributed by atoms with Crippen LogP contribution in [0.5, 0.6) is 0 Å². The highest BCUT2D eigenvalue weighted by atomic mass is 16.1. The molecule has 5 nitrogen and oxygen atoms in total. The zero-order chi connectivity index (χ0) is 20.7. The fourth-order valence-corrected chi connectivity index (χ4v) is 7.17. The molecule has 5 fully saturated rings. The number of nitrogens with one attached hydrogen (secondary N) is 4. The van der Waals surface area contributed by atoms with Crippen molar-refractivity contribution in [1.82, 2.24) is 5.32 Å². The minimum absolute atomic E-state index is 0.178. The summed E-state index contributed by atoms with van der Waals surface area (Å²) in [6, 6.07) is 6.49. The number of carbonyl (C=O) groups excluding carboxylic acids is 1. The lowest BCUT2D eigenvalue weighted by molar-refractivity contribution is 0.0107. The maximum absolute atomic E-state index is 12.5. The highest BCUT2D eigenvalue weighted by Crippen LogP contribution is 2.57. The van der Waals surface area contributed by atoms with Crippen LogP contribution >= 0.6 is 0 Å². The summed E-state index contributed by atoms with van der Waals surface area (Å²) in [6.45, 7) is 1.60. The van der Waals surface area contributed by atoms with Crippen LogP contribution in [0.2, 0.25) is 0 Å². The van der Waals surface area contributed by atoms with E-state index in [0.717, 1.165) is 29.1 Å². The molecule has 0 unspecified atom stereocenters. The first kappa shape index (κ1) is 19.9. The number of benzene rings is 1. The molecule has 5 aliphatic rings. The standard InChI is InChI=1S/C25H36N4O/c1-16(26)27-24(30)20-7-8-22(23(12-20)28-21-5-3-2-4-6-21)29-25-13-17-9-18(14-25)11-19(10-17)15-25/h7-8,12,17-19,21,28-29H,2-6,9-11,13-15H2,1H3,(H2,26,27,30). The molecule has 5 saturated carbocycles. The van der Waals surface area contributed by atoms with Crippen LogP contribution in [0, 0.1) is 23.2 Å². The van der Waals surface area contributed by atoms with Gasteiger partial charge in [-0.3, -0.25) is 10.2 Å². The summed E-state index contributed by atoms with van der Waals surface area (Å²) in [5, 5.41) is 18.0. The number of hydrogen-bond donors (Lipinski definition) is 4. The second-order valence-corrected chi connectivity index (χ2v) is 10.6. The molecule has 0 aliphatic heterocycles. The summed E-state index contributed by atoms with van der Waals surface area (Å²) in [6.07, 6.45) is 14.5. The molecule has 4 bridgehead atoms. The topological polar surface area (TPSA) is 77.0 Å². The van der Waals surface area contributed by atoms with Gasteiger partial charge in [0.05, 0.1) is 17.2 Å². The van der Waals surface area contributed by atoms with Crippen molar-refractivity contribution in [3.8, 4) is 0 Å². The molecule has 0 aromatic heterocycles. The largest absolute Gasteiger partial charge is 0.381 e. The molecular formula is C25H36N4O. The van der Waals surface area contributed by atoms with E-state index in [2.05, 4.69) is 22.0 Å². The molecule has 1 aromatic rings. The molecule has 4 N–H and O–H groups in total. The summed E-state index contributed by atoms with van der Waals surface area (Å²) in [7, 11) is 0. The SMILES string of the molecule is CC(=N)NC(=O)c1ccc(NC23CC4CC(CC(C4)C2)C3)c(NC2CCCCC2)c1. The van der Waals surface area contributed by atoms with Gasteiger partial charge >= 0.3 is 0 Å². The Morgan fingerprint density at radius 2 is 1.60 bits per heavy atom. The van der Waals surface area contributed by atoms with E-state index in [1.165, 1.54) is 70.6 Å². The predicted molar refractivity (Wildman–Crippen MR) is 122 cm³/mol. The van der Waals surface area contributed by atoms with Gasteiger partial charge in [0, 0.05) is 17.1 Å². The van der Waals surface area contributed by atoms with Gasteiger partial charge in [-0.25, -0.2) is 0 Å². The second-order valence-electron chi connectivity index (χ2n) is 10.6. The smallest absolute Gasteiger partial charge is 0.256 e. The first-order chi connectivity index (χ1) is 14.5. The number of amides is 1. The van der Waals surface area contributed by atoms with Crippen molar-refractivity contribution in [2.45, 2.75) is 89.1 Å². The van der Waals surface area contributed by atoms with Crippen LogP contribution in [-0.2, 0) is 0 Å². The van der Waals surface area contributed by atoms with Crippen LogP contribution in [0.1, 0.15) is 87.9 Å². The molecule has 0 atom stereocenters. The average molecular weight is 409 g/mol. The van der Waals surface area contributed by atoms with Crippen molar-refractivity contribution in [1.29, 1.82) is 5.41 Å². The molecule has 30 heavy (non-hydrogen) atoms. The van der Waals surface area contributed by atoms with Gasteiger partial charge in [0.15, 0.2) is 0 Å². The van der Waals surface area contributed by atoms with E-state index in [9.17, 15) is 4.79 Å². The van der Waals surface area contributed by atoms with Crippen LogP contribution in [0.15, 0.2) is 18.2 Å². The van der Waals surface area contributed by atoms with Gasteiger partial charge in [-0.05, 0) is 94.2 Å². The van der Waals surface area contributed by atoms with E-state index in [0.29, 0.717) is 11.6 Å². The van der Waals surface area contributed by atoms with Gasteiger partial charge in [-0.2, -0.15) is 0 Å². The summed E-state index contributed by atoms with van der Waals surface area (Å²) >= 11 is 0. The van der Waals surface area contributed by atoms with E-state index in [4.69, 9.17) is 5.41 Å². The zero-order valence-electron chi connectivity index (χ0n) is 18.2. The first-order valence-electron chi connectivity index (χ1n) is 12.0. The molecule has 0 heterocycles. The Labute approximate surface area is 180 Å². The Morgan fingerprint density at radius 1 is 0.967 bits per heavy atom. The molecular weight excluding hydrogens is 372 g/mol. The van der Waals surface area contributed by atoms with E-state index in [1.54, 1.807) is 6.92 Å². The fraction of sp³-hybridized carbons (Fsp3) is 0.680. The number of amidine groups is 1. The summed E-state index contributed by atoms with van der Waals surface area (Å²) in [5.41, 5.74) is 3.09. The number of rotatable bonds is 5. The first-order valence-corrected chi connectivity index (χ1v) is 12.0. The van der Waals surface area contributed by atoms with Crippen molar-refractivity contribution < 1.29 is 4.79 Å². The molecule has 0 spiro atoms. The molecule has 0 saturated heterocycles. The Morgan fingerprint density at radius 3 is 2.20 bits per heavy atom. The molecule has 6 rings (SSSR count). The maximum Gasteiger partial charge on any atom is 0.256 e. The third kappa shape index (κ3) is 4.08. The molecule has 1 amide bonds. The van der Waals surface area contributed by atoms with E-state index in [-0.39, 0.29) is 17.3 Å². The van der Waals surface area contributed by atoms with Crippen molar-refractivity contribution in [2.24, 2.45) is 17.8 Å². The highest BCUT2D eigenvalue weighted by Gasteiger charge is 2.51. The van der Waals surface area contributed by atoms with Crippen molar-refractivity contribution >= 4 is 23.1 Å². The Balaban J connectivity index is 1.41. The van der Waals surface area contributed by atoms with Gasteiger partial charge in [0.2, 0.25) is 0 Å². The van der Waals surface area contributed by atoms with Crippen LogP contribution in [-0.4, -0.2) is 23.3 Å². The lowest BCUT2D eigenvalue weighted by atomic mass is 9.53. The van der Waals surface area contributed by atoms with Crippen molar-refractivity contribution in [3.63, 3.8) is 0 Å². The Bertz CT molecular complexity index is 791. The summed E-state index contributed by atoms with van der Waals surface area (Å²) < 4.78 is 0. The van der Waals surface area contributed by atoms with Gasteiger partial charge in [-0.1, -0.05) is 19.3 Å². The minimum atomic E-state index is -0.199. The van der Waals surface area contributed by atoms with Crippen LogP contribution in [0.25, 0.3) is 0 Å². The highest BCUT2D eigenvalue weighted by molar-refractivity contribution is 6.05. The molecule has 5 aliphatic carbocycles. The van der Waals surface area contributed by atoms with Gasteiger partial charge in [-0.15, -0.1) is 0 Å². The lowest BCUT2D eigenvalue weighted by Crippen LogP contribution is -2.54. The van der Waals surface area contributed by atoms with Gasteiger partial charge in [0.25, 0.3) is 5.91 Å². The lowest BCUT2D eigenvalue weighted by Gasteiger charge is -2.57. The number of carbonyl (C=O) groups is 1. The normalized spacial score (nSPS) is 32.6. The van der Waals surface area contributed by atoms with Gasteiger partial charge < -0.3 is 16.0 Å². The molecule has 5 heteroatoms. The zero-order valence-corrected chi connectivity index (χ0v) is 18.2. The number of hydrogen-bond acceptors (Lipinski definition) is 4. The average Bonchev–Trinajstić information content (AvgIpc) is 2.68. The Hall–Kier alpha value is -2.04. The summed E-state index contributed by atoms with van der Waals surface area (Å²) in [5.74, 6) is 2.69. The van der Waals surface area contributed by atoms with Crippen LogP contribution in [0.3, 0.4) is 0 Å². The third-order valence-electron chi connectivity index (χ3n) is 7.99. The van der Waals surface area contributed by atoms with Gasteiger partial charge in [0.1, 0.15) is 0 Å². The third-order valence-corrected chi connectivity index (χ3v) is 7.99. The maximum atomic E-state index is 12.5. The van der Waals surface area contributed by atoms with Crippen molar-refractivity contribution in [3.05, 3.63) is 23.8 Å². The quantitative estimate of drug-likeness (QED) is 0.382. The molecule has 162 valence electrons. The number of anilines is 2. The van der Waals surface area contributed by atoms with E-state index in [1.807, 2.05) is 12.1 Å². The van der Waals surface area contributed by atoms with Crippen LogP contribution in [0.4, 0.5) is 11.4 Å². The minimum Gasteiger partial charge on any atom is -0.381 e.